The number of carboxylic acid groups (broad SMARTS) is 1. The minimum absolute atomic E-state index is 0.139. The van der Waals surface area contributed by atoms with Crippen molar-refractivity contribution in [3.8, 4) is 0 Å². The highest BCUT2D eigenvalue weighted by atomic mass is 16.6. The summed E-state index contributed by atoms with van der Waals surface area (Å²) in [5.74, 6) is -1.54. The van der Waals surface area contributed by atoms with E-state index >= 15 is 0 Å². The molecular formula is C14H18N4O5. The van der Waals surface area contributed by atoms with E-state index in [9.17, 15) is 24.8 Å². The van der Waals surface area contributed by atoms with Gasteiger partial charge in [0.1, 0.15) is 6.04 Å². The largest absolute Gasteiger partial charge is 0.480 e. The lowest BCUT2D eigenvalue weighted by Gasteiger charge is -2.32. The molecule has 0 spiro atoms. The SMILES string of the molecule is O=C(C[C@@H](C(=O)O)N1CCNCC1)Nc1cccc([N+](=O)[O-])c1. The van der Waals surface area contributed by atoms with Crippen LogP contribution in [0.3, 0.4) is 0 Å². The molecule has 0 radical (unpaired) electrons. The molecule has 1 aliphatic rings. The zero-order chi connectivity index (χ0) is 16.8. The average Bonchev–Trinajstić information content (AvgIpc) is 2.53. The van der Waals surface area contributed by atoms with Gasteiger partial charge < -0.3 is 15.7 Å². The molecule has 1 aromatic rings. The van der Waals surface area contributed by atoms with E-state index in [0.29, 0.717) is 26.2 Å². The fraction of sp³-hybridized carbons (Fsp3) is 0.429. The number of carbonyl (C=O) groups excluding carboxylic acids is 1. The molecule has 0 aliphatic carbocycles. The van der Waals surface area contributed by atoms with E-state index in [0.717, 1.165) is 0 Å². The van der Waals surface area contributed by atoms with Gasteiger partial charge in [-0.1, -0.05) is 6.07 Å². The number of hydrogen-bond donors (Lipinski definition) is 3. The number of rotatable bonds is 6. The molecule has 0 saturated carbocycles. The van der Waals surface area contributed by atoms with Crippen molar-refractivity contribution in [2.24, 2.45) is 0 Å². The van der Waals surface area contributed by atoms with E-state index in [4.69, 9.17) is 0 Å². The molecule has 1 aromatic carbocycles. The number of aliphatic carboxylic acids is 1. The highest BCUT2D eigenvalue weighted by Crippen LogP contribution is 2.17. The molecular weight excluding hydrogens is 304 g/mol. The lowest BCUT2D eigenvalue weighted by molar-refractivity contribution is -0.384. The maximum atomic E-state index is 12.1. The highest BCUT2D eigenvalue weighted by Gasteiger charge is 2.29. The number of carbonyl (C=O) groups is 2. The second-order valence-electron chi connectivity index (χ2n) is 5.20. The average molecular weight is 322 g/mol. The number of nitro groups is 1. The number of non-ortho nitro benzene ring substituents is 1. The Morgan fingerprint density at radius 1 is 1.39 bits per heavy atom. The maximum absolute atomic E-state index is 12.1. The molecule has 9 nitrogen and oxygen atoms in total. The maximum Gasteiger partial charge on any atom is 0.321 e. The molecule has 1 atom stereocenters. The quantitative estimate of drug-likeness (QED) is 0.507. The van der Waals surface area contributed by atoms with Crippen LogP contribution < -0.4 is 10.6 Å². The van der Waals surface area contributed by atoms with Gasteiger partial charge in [-0.25, -0.2) is 0 Å². The van der Waals surface area contributed by atoms with Crippen LogP contribution in [0.2, 0.25) is 0 Å². The monoisotopic (exact) mass is 322 g/mol. The van der Waals surface area contributed by atoms with Crippen molar-refractivity contribution in [2.75, 3.05) is 31.5 Å². The van der Waals surface area contributed by atoms with Crippen molar-refractivity contribution in [1.82, 2.24) is 10.2 Å². The third kappa shape index (κ3) is 4.73. The fourth-order valence-corrected chi connectivity index (χ4v) is 2.45. The Morgan fingerprint density at radius 2 is 2.09 bits per heavy atom. The van der Waals surface area contributed by atoms with Gasteiger partial charge >= 0.3 is 5.97 Å². The lowest BCUT2D eigenvalue weighted by Crippen LogP contribution is -2.52. The molecule has 3 N–H and O–H groups in total. The predicted molar refractivity (Wildman–Crippen MR) is 82.2 cm³/mol. The van der Waals surface area contributed by atoms with Gasteiger partial charge in [-0.15, -0.1) is 0 Å². The number of carboxylic acids is 1. The summed E-state index contributed by atoms with van der Waals surface area (Å²) >= 11 is 0. The fourth-order valence-electron chi connectivity index (χ4n) is 2.45. The normalized spacial score (nSPS) is 16.5. The summed E-state index contributed by atoms with van der Waals surface area (Å²) in [6, 6.07) is 4.62. The molecule has 0 unspecified atom stereocenters. The standard InChI is InChI=1S/C14H18N4O5/c19-13(16-10-2-1-3-11(8-10)18(22)23)9-12(14(20)21)17-6-4-15-5-7-17/h1-3,8,12,15H,4-7,9H2,(H,16,19)(H,20,21)/t12-/m0/s1. The Kier molecular flexibility index (Phi) is 5.61. The van der Waals surface area contributed by atoms with Crippen molar-refractivity contribution < 1.29 is 19.6 Å². The van der Waals surface area contributed by atoms with Gasteiger partial charge in [0.05, 0.1) is 11.3 Å². The zero-order valence-electron chi connectivity index (χ0n) is 12.4. The molecule has 124 valence electrons. The van der Waals surface area contributed by atoms with Gasteiger partial charge in [0, 0.05) is 44.0 Å². The molecule has 9 heteroatoms. The molecule has 1 amide bonds. The van der Waals surface area contributed by atoms with Crippen molar-refractivity contribution in [3.05, 3.63) is 34.4 Å². The van der Waals surface area contributed by atoms with E-state index in [1.165, 1.54) is 24.3 Å². The Hall–Kier alpha value is -2.52. The minimum Gasteiger partial charge on any atom is -0.480 e. The van der Waals surface area contributed by atoms with Crippen LogP contribution in [-0.2, 0) is 9.59 Å². The first-order chi connectivity index (χ1) is 11.0. The number of nitrogens with one attached hydrogen (secondary N) is 2. The number of piperazine rings is 1. The molecule has 0 aromatic heterocycles. The van der Waals surface area contributed by atoms with Crippen LogP contribution >= 0.6 is 0 Å². The third-order valence-electron chi connectivity index (χ3n) is 3.60. The van der Waals surface area contributed by atoms with Gasteiger partial charge in [-0.3, -0.25) is 24.6 Å². The first-order valence-electron chi connectivity index (χ1n) is 7.19. The van der Waals surface area contributed by atoms with Gasteiger partial charge in [-0.05, 0) is 6.07 Å². The highest BCUT2D eigenvalue weighted by molar-refractivity contribution is 5.94. The van der Waals surface area contributed by atoms with Crippen molar-refractivity contribution in [1.29, 1.82) is 0 Å². The molecule has 2 rings (SSSR count). The summed E-state index contributed by atoms with van der Waals surface area (Å²) in [5.41, 5.74) is 0.133. The van der Waals surface area contributed by atoms with Gasteiger partial charge in [0.2, 0.25) is 5.91 Å². The molecule has 1 aliphatic heterocycles. The third-order valence-corrected chi connectivity index (χ3v) is 3.60. The van der Waals surface area contributed by atoms with Crippen LogP contribution in [0.25, 0.3) is 0 Å². The number of hydrogen-bond acceptors (Lipinski definition) is 6. The van der Waals surface area contributed by atoms with Crippen LogP contribution in [-0.4, -0.2) is 59.0 Å². The number of amides is 1. The number of nitro benzene ring substituents is 1. The molecule has 0 bridgehead atoms. The molecule has 1 fully saturated rings. The molecule has 1 saturated heterocycles. The first-order valence-corrected chi connectivity index (χ1v) is 7.19. The van der Waals surface area contributed by atoms with E-state index in [1.807, 2.05) is 0 Å². The molecule has 1 heterocycles. The number of benzene rings is 1. The van der Waals surface area contributed by atoms with Crippen LogP contribution in [0, 0.1) is 10.1 Å². The lowest BCUT2D eigenvalue weighted by atomic mass is 10.1. The second kappa shape index (κ2) is 7.65. The van der Waals surface area contributed by atoms with Crippen LogP contribution in [0.1, 0.15) is 6.42 Å². The summed E-state index contributed by atoms with van der Waals surface area (Å²) in [6.07, 6.45) is -0.210. The van der Waals surface area contributed by atoms with E-state index < -0.39 is 22.8 Å². The summed E-state index contributed by atoms with van der Waals surface area (Å²) in [6.45, 7) is 2.47. The van der Waals surface area contributed by atoms with Crippen molar-refractivity contribution in [2.45, 2.75) is 12.5 Å². The van der Waals surface area contributed by atoms with Gasteiger partial charge in [0.15, 0.2) is 0 Å². The van der Waals surface area contributed by atoms with Crippen molar-refractivity contribution >= 4 is 23.3 Å². The Bertz CT molecular complexity index is 601. The van der Waals surface area contributed by atoms with Gasteiger partial charge in [0.25, 0.3) is 5.69 Å². The topological polar surface area (TPSA) is 125 Å². The number of anilines is 1. The summed E-state index contributed by atoms with van der Waals surface area (Å²) in [4.78, 5) is 35.4. The van der Waals surface area contributed by atoms with E-state index in [1.54, 1.807) is 4.90 Å². The van der Waals surface area contributed by atoms with Crippen LogP contribution in [0.15, 0.2) is 24.3 Å². The Morgan fingerprint density at radius 3 is 2.70 bits per heavy atom. The van der Waals surface area contributed by atoms with Crippen LogP contribution in [0.5, 0.6) is 0 Å². The zero-order valence-corrected chi connectivity index (χ0v) is 12.4. The van der Waals surface area contributed by atoms with Crippen molar-refractivity contribution in [3.63, 3.8) is 0 Å². The number of nitrogens with zero attached hydrogens (tertiary/aromatic N) is 2. The summed E-state index contributed by atoms with van der Waals surface area (Å²) in [7, 11) is 0. The minimum atomic E-state index is -1.05. The first kappa shape index (κ1) is 16.8. The van der Waals surface area contributed by atoms with Gasteiger partial charge in [-0.2, -0.15) is 0 Å². The summed E-state index contributed by atoms with van der Waals surface area (Å²) < 4.78 is 0. The molecule has 23 heavy (non-hydrogen) atoms. The predicted octanol–water partition coefficient (Wildman–Crippen LogP) is 0.282. The van der Waals surface area contributed by atoms with E-state index in [-0.39, 0.29) is 17.8 Å². The van der Waals surface area contributed by atoms with Crippen LogP contribution in [0.4, 0.5) is 11.4 Å². The summed E-state index contributed by atoms with van der Waals surface area (Å²) in [5, 5.41) is 25.7. The second-order valence-corrected chi connectivity index (χ2v) is 5.20. The Labute approximate surface area is 132 Å². The smallest absolute Gasteiger partial charge is 0.321 e. The Balaban J connectivity index is 2.00. The van der Waals surface area contributed by atoms with E-state index in [2.05, 4.69) is 10.6 Å².